The fraction of sp³-hybridized carbons (Fsp3) is 1.00. The zero-order valence-electron chi connectivity index (χ0n) is 9.30. The van der Waals surface area contributed by atoms with E-state index in [2.05, 4.69) is 24.1 Å². The molecule has 3 heteroatoms. The predicted octanol–water partition coefficient (Wildman–Crippen LogP) is 2.68. The number of nitrogens with one attached hydrogen (secondary N) is 1. The molecule has 0 bridgehead atoms. The summed E-state index contributed by atoms with van der Waals surface area (Å²) in [5.41, 5.74) is 2.92. The maximum Gasteiger partial charge on any atom is 0.0301 e. The monoisotopic (exact) mass is 216 g/mol. The van der Waals surface area contributed by atoms with Gasteiger partial charge in [-0.3, -0.25) is 11.3 Å². The number of hydrogen-bond acceptors (Lipinski definition) is 3. The van der Waals surface area contributed by atoms with Gasteiger partial charge in [0.1, 0.15) is 0 Å². The van der Waals surface area contributed by atoms with Gasteiger partial charge in [-0.2, -0.15) is 11.8 Å². The number of rotatable bonds is 6. The molecule has 0 spiro atoms. The Morgan fingerprint density at radius 3 is 2.64 bits per heavy atom. The quantitative estimate of drug-likeness (QED) is 0.529. The second-order valence-corrected chi connectivity index (χ2v) is 5.58. The lowest BCUT2D eigenvalue weighted by molar-refractivity contribution is 0.508. The van der Waals surface area contributed by atoms with Gasteiger partial charge >= 0.3 is 0 Å². The third-order valence-corrected chi connectivity index (χ3v) is 4.50. The lowest BCUT2D eigenvalue weighted by Crippen LogP contribution is -2.37. The molecule has 0 aliphatic heterocycles. The molecule has 1 aliphatic rings. The maximum absolute atomic E-state index is 5.51. The zero-order chi connectivity index (χ0) is 10.2. The molecule has 1 aliphatic carbocycles. The van der Waals surface area contributed by atoms with E-state index in [1.165, 1.54) is 50.7 Å². The van der Waals surface area contributed by atoms with E-state index >= 15 is 0 Å². The van der Waals surface area contributed by atoms with E-state index < -0.39 is 0 Å². The number of thioether (sulfide) groups is 1. The third kappa shape index (κ3) is 4.67. The second kappa shape index (κ2) is 7.55. The zero-order valence-corrected chi connectivity index (χ0v) is 10.1. The Bertz CT molecular complexity index is 130. The van der Waals surface area contributed by atoms with Gasteiger partial charge in [0.25, 0.3) is 0 Å². The highest BCUT2D eigenvalue weighted by Gasteiger charge is 2.15. The largest absolute Gasteiger partial charge is 0.271 e. The molecule has 3 N–H and O–H groups in total. The van der Waals surface area contributed by atoms with Crippen molar-refractivity contribution in [2.45, 2.75) is 63.2 Å². The van der Waals surface area contributed by atoms with Crippen LogP contribution in [-0.2, 0) is 0 Å². The van der Waals surface area contributed by atoms with Crippen molar-refractivity contribution in [1.29, 1.82) is 0 Å². The molecule has 84 valence electrons. The minimum atomic E-state index is 0.520. The van der Waals surface area contributed by atoms with E-state index in [1.807, 2.05) is 0 Å². The smallest absolute Gasteiger partial charge is 0.0301 e. The van der Waals surface area contributed by atoms with Crippen molar-refractivity contribution >= 4 is 11.8 Å². The SMILES string of the molecule is CCCC(CSC1CCCCC1)NN. The van der Waals surface area contributed by atoms with E-state index in [0.717, 1.165) is 5.25 Å². The average Bonchev–Trinajstić information content (AvgIpc) is 2.25. The Morgan fingerprint density at radius 1 is 1.36 bits per heavy atom. The van der Waals surface area contributed by atoms with Crippen LogP contribution in [0.2, 0.25) is 0 Å². The van der Waals surface area contributed by atoms with Crippen molar-refractivity contribution in [2.24, 2.45) is 5.84 Å². The van der Waals surface area contributed by atoms with Gasteiger partial charge in [0, 0.05) is 17.0 Å². The molecule has 0 aromatic heterocycles. The standard InChI is InChI=1S/C11H24N2S/c1-2-6-10(13-12)9-14-11-7-4-3-5-8-11/h10-11,13H,2-9,12H2,1H3. The molecule has 0 saturated heterocycles. The van der Waals surface area contributed by atoms with Crippen LogP contribution in [0.5, 0.6) is 0 Å². The van der Waals surface area contributed by atoms with Crippen molar-refractivity contribution in [3.63, 3.8) is 0 Å². The summed E-state index contributed by atoms with van der Waals surface area (Å²) in [5.74, 6) is 6.70. The van der Waals surface area contributed by atoms with Gasteiger partial charge in [-0.15, -0.1) is 0 Å². The van der Waals surface area contributed by atoms with Gasteiger partial charge in [0.05, 0.1) is 0 Å². The van der Waals surface area contributed by atoms with Crippen LogP contribution in [-0.4, -0.2) is 17.0 Å². The minimum Gasteiger partial charge on any atom is -0.271 e. The summed E-state index contributed by atoms with van der Waals surface area (Å²) in [6.45, 7) is 2.22. The highest BCUT2D eigenvalue weighted by molar-refractivity contribution is 7.99. The lowest BCUT2D eigenvalue weighted by atomic mass is 10.0. The predicted molar refractivity (Wildman–Crippen MR) is 65.4 cm³/mol. The Labute approximate surface area is 92.4 Å². The summed E-state index contributed by atoms with van der Waals surface area (Å²) in [4.78, 5) is 0. The summed E-state index contributed by atoms with van der Waals surface area (Å²) >= 11 is 2.13. The van der Waals surface area contributed by atoms with Crippen LogP contribution in [0.15, 0.2) is 0 Å². The molecule has 0 heterocycles. The molecular formula is C11H24N2S. The highest BCUT2D eigenvalue weighted by atomic mass is 32.2. The normalized spacial score (nSPS) is 21.0. The number of nitrogens with two attached hydrogens (primary N) is 1. The van der Waals surface area contributed by atoms with E-state index in [9.17, 15) is 0 Å². The first kappa shape index (κ1) is 12.3. The second-order valence-electron chi connectivity index (χ2n) is 4.25. The highest BCUT2D eigenvalue weighted by Crippen LogP contribution is 2.28. The minimum absolute atomic E-state index is 0.520. The van der Waals surface area contributed by atoms with Crippen LogP contribution in [0.25, 0.3) is 0 Å². The van der Waals surface area contributed by atoms with Crippen molar-refractivity contribution < 1.29 is 0 Å². The topological polar surface area (TPSA) is 38.0 Å². The van der Waals surface area contributed by atoms with Crippen molar-refractivity contribution in [3.05, 3.63) is 0 Å². The molecule has 1 rings (SSSR count). The van der Waals surface area contributed by atoms with E-state index in [4.69, 9.17) is 5.84 Å². The fourth-order valence-electron chi connectivity index (χ4n) is 2.05. The molecule has 1 atom stereocenters. The number of hydrazine groups is 1. The van der Waals surface area contributed by atoms with Crippen LogP contribution in [0.3, 0.4) is 0 Å². The summed E-state index contributed by atoms with van der Waals surface area (Å²) < 4.78 is 0. The molecule has 1 saturated carbocycles. The first-order valence-electron chi connectivity index (χ1n) is 5.94. The van der Waals surface area contributed by atoms with Crippen molar-refractivity contribution in [2.75, 3.05) is 5.75 Å². The average molecular weight is 216 g/mol. The fourth-order valence-corrected chi connectivity index (χ4v) is 3.48. The maximum atomic E-state index is 5.51. The molecule has 0 amide bonds. The number of hydrogen-bond donors (Lipinski definition) is 2. The first-order valence-corrected chi connectivity index (χ1v) is 6.99. The van der Waals surface area contributed by atoms with Crippen LogP contribution in [0.1, 0.15) is 51.9 Å². The van der Waals surface area contributed by atoms with Gasteiger partial charge < -0.3 is 0 Å². The van der Waals surface area contributed by atoms with E-state index in [1.54, 1.807) is 0 Å². The van der Waals surface area contributed by atoms with Crippen LogP contribution >= 0.6 is 11.8 Å². The van der Waals surface area contributed by atoms with Gasteiger partial charge in [-0.1, -0.05) is 32.6 Å². The Kier molecular flexibility index (Phi) is 6.65. The Morgan fingerprint density at radius 2 is 2.07 bits per heavy atom. The molecule has 0 aromatic rings. The van der Waals surface area contributed by atoms with Crippen LogP contribution in [0, 0.1) is 0 Å². The van der Waals surface area contributed by atoms with Gasteiger partial charge in [-0.25, -0.2) is 0 Å². The first-order chi connectivity index (χ1) is 6.86. The molecule has 1 unspecified atom stereocenters. The van der Waals surface area contributed by atoms with Gasteiger partial charge in [0.15, 0.2) is 0 Å². The van der Waals surface area contributed by atoms with Crippen LogP contribution in [0.4, 0.5) is 0 Å². The molecule has 1 fully saturated rings. The lowest BCUT2D eigenvalue weighted by Gasteiger charge is -2.23. The molecule has 2 nitrogen and oxygen atoms in total. The summed E-state index contributed by atoms with van der Waals surface area (Å²) in [6, 6.07) is 0.520. The van der Waals surface area contributed by atoms with Crippen molar-refractivity contribution in [1.82, 2.24) is 5.43 Å². The van der Waals surface area contributed by atoms with Gasteiger partial charge in [-0.05, 0) is 19.3 Å². The van der Waals surface area contributed by atoms with Gasteiger partial charge in [0.2, 0.25) is 0 Å². The molecule has 0 radical (unpaired) electrons. The van der Waals surface area contributed by atoms with E-state index in [0.29, 0.717) is 6.04 Å². The van der Waals surface area contributed by atoms with E-state index in [-0.39, 0.29) is 0 Å². The Hall–Kier alpha value is 0.270. The summed E-state index contributed by atoms with van der Waals surface area (Å²) in [6.07, 6.45) is 9.60. The molecule has 0 aromatic carbocycles. The summed E-state index contributed by atoms with van der Waals surface area (Å²) in [5, 5.41) is 0.913. The third-order valence-electron chi connectivity index (χ3n) is 2.96. The molecular weight excluding hydrogens is 192 g/mol. The summed E-state index contributed by atoms with van der Waals surface area (Å²) in [7, 11) is 0. The molecule has 14 heavy (non-hydrogen) atoms. The van der Waals surface area contributed by atoms with Crippen molar-refractivity contribution in [3.8, 4) is 0 Å². The van der Waals surface area contributed by atoms with Crippen LogP contribution < -0.4 is 11.3 Å². The Balaban J connectivity index is 2.10.